The molecule has 36 heavy (non-hydrogen) atoms. The minimum atomic E-state index is 0.659. The maximum absolute atomic E-state index is 4.85. The number of aromatic amines is 1. The Morgan fingerprint density at radius 2 is 1.72 bits per heavy atom. The van der Waals surface area contributed by atoms with Crippen LogP contribution in [0.4, 0.5) is 11.8 Å². The van der Waals surface area contributed by atoms with Gasteiger partial charge in [-0.05, 0) is 54.6 Å². The van der Waals surface area contributed by atoms with Gasteiger partial charge in [-0.2, -0.15) is 4.98 Å². The molecule has 2 N–H and O–H groups in total. The van der Waals surface area contributed by atoms with Crippen LogP contribution in [0.5, 0.6) is 0 Å². The first-order chi connectivity index (χ1) is 17.5. The summed E-state index contributed by atoms with van der Waals surface area (Å²) in [5, 5.41) is 17.8. The van der Waals surface area contributed by atoms with E-state index in [1.807, 2.05) is 31.2 Å². The number of hydrogen-bond donors (Lipinski definition) is 2. The highest BCUT2D eigenvalue weighted by molar-refractivity contribution is 5.80. The van der Waals surface area contributed by atoms with Gasteiger partial charge in [0.15, 0.2) is 5.82 Å². The molecular weight excluding hydrogens is 450 g/mol. The molecule has 0 amide bonds. The van der Waals surface area contributed by atoms with Gasteiger partial charge < -0.3 is 15.1 Å². The standard InChI is InChI=1S/C27H35N9/c1-5-6-16-36(27-29-20(2)18-25(30-27)28-15-17-35(3)4)19-21-11-13-22(14-12-21)23-9-7-8-10-24(23)26-31-33-34-32-26/h7-14,18H,5-6,15-17,19H2,1-4H3,(H,28,29,30)(H,31,32,33,34). The lowest BCUT2D eigenvalue weighted by atomic mass is 9.98. The lowest BCUT2D eigenvalue weighted by Crippen LogP contribution is -2.27. The Morgan fingerprint density at radius 3 is 2.42 bits per heavy atom. The van der Waals surface area contributed by atoms with Crippen molar-refractivity contribution in [1.82, 2.24) is 35.5 Å². The molecule has 0 bridgehead atoms. The average molecular weight is 486 g/mol. The average Bonchev–Trinajstić information content (AvgIpc) is 3.41. The highest BCUT2D eigenvalue weighted by Crippen LogP contribution is 2.30. The molecule has 4 rings (SSSR count). The van der Waals surface area contributed by atoms with Gasteiger partial charge in [0.05, 0.1) is 0 Å². The van der Waals surface area contributed by atoms with Crippen molar-refractivity contribution >= 4 is 11.8 Å². The van der Waals surface area contributed by atoms with E-state index in [1.165, 1.54) is 5.56 Å². The fraction of sp³-hybridized carbons (Fsp3) is 0.370. The Labute approximate surface area is 213 Å². The Morgan fingerprint density at radius 1 is 0.944 bits per heavy atom. The summed E-state index contributed by atoms with van der Waals surface area (Å²) >= 11 is 0. The molecule has 0 aliphatic heterocycles. The zero-order chi connectivity index (χ0) is 25.3. The van der Waals surface area contributed by atoms with Crippen LogP contribution in [0.3, 0.4) is 0 Å². The fourth-order valence-corrected chi connectivity index (χ4v) is 4.02. The number of tetrazole rings is 1. The number of rotatable bonds is 12. The summed E-state index contributed by atoms with van der Waals surface area (Å²) in [6.45, 7) is 7.66. The summed E-state index contributed by atoms with van der Waals surface area (Å²) in [5.74, 6) is 2.30. The molecule has 188 valence electrons. The van der Waals surface area contributed by atoms with Crippen molar-refractivity contribution in [3.05, 3.63) is 65.9 Å². The number of nitrogens with one attached hydrogen (secondary N) is 2. The molecule has 2 heterocycles. The van der Waals surface area contributed by atoms with Crippen LogP contribution >= 0.6 is 0 Å². The summed E-state index contributed by atoms with van der Waals surface area (Å²) in [4.78, 5) is 14.0. The van der Waals surface area contributed by atoms with E-state index in [0.717, 1.165) is 73.2 Å². The summed E-state index contributed by atoms with van der Waals surface area (Å²) in [5.41, 5.74) is 5.34. The van der Waals surface area contributed by atoms with E-state index in [9.17, 15) is 0 Å². The highest BCUT2D eigenvalue weighted by atomic mass is 15.5. The number of hydrogen-bond acceptors (Lipinski definition) is 8. The second kappa shape index (κ2) is 12.2. The molecule has 2 aromatic carbocycles. The molecule has 9 heteroatoms. The minimum Gasteiger partial charge on any atom is -0.369 e. The van der Waals surface area contributed by atoms with Crippen molar-refractivity contribution in [2.45, 2.75) is 33.2 Å². The molecule has 0 aliphatic carbocycles. The van der Waals surface area contributed by atoms with Crippen LogP contribution in [-0.4, -0.2) is 69.2 Å². The van der Waals surface area contributed by atoms with E-state index >= 15 is 0 Å². The lowest BCUT2D eigenvalue weighted by molar-refractivity contribution is 0.425. The molecule has 0 aliphatic rings. The topological polar surface area (TPSA) is 98.8 Å². The molecule has 0 atom stereocenters. The predicted molar refractivity (Wildman–Crippen MR) is 145 cm³/mol. The van der Waals surface area contributed by atoms with Crippen molar-refractivity contribution in [1.29, 1.82) is 0 Å². The molecule has 4 aromatic rings. The number of aryl methyl sites for hydroxylation is 1. The molecule has 2 aromatic heterocycles. The van der Waals surface area contributed by atoms with Crippen LogP contribution in [0, 0.1) is 6.92 Å². The van der Waals surface area contributed by atoms with E-state index in [4.69, 9.17) is 9.97 Å². The zero-order valence-corrected chi connectivity index (χ0v) is 21.6. The number of benzene rings is 2. The molecule has 0 fully saturated rings. The van der Waals surface area contributed by atoms with Crippen LogP contribution in [0.2, 0.25) is 0 Å². The monoisotopic (exact) mass is 485 g/mol. The third-order valence-electron chi connectivity index (χ3n) is 5.94. The van der Waals surface area contributed by atoms with Gasteiger partial charge in [-0.1, -0.05) is 61.9 Å². The SMILES string of the molecule is CCCCN(Cc1ccc(-c2ccccc2-c2nnn[nH]2)cc1)c1nc(C)cc(NCCN(C)C)n1. The number of nitrogens with zero attached hydrogens (tertiary/aromatic N) is 7. The Bertz CT molecular complexity index is 1220. The van der Waals surface area contributed by atoms with Gasteiger partial charge in [0, 0.05) is 43.5 Å². The maximum atomic E-state index is 4.85. The smallest absolute Gasteiger partial charge is 0.227 e. The predicted octanol–water partition coefficient (Wildman–Crippen LogP) is 4.41. The Balaban J connectivity index is 1.54. The molecule has 0 saturated carbocycles. The van der Waals surface area contributed by atoms with Crippen molar-refractivity contribution in [3.63, 3.8) is 0 Å². The van der Waals surface area contributed by atoms with Gasteiger partial charge in [-0.15, -0.1) is 5.10 Å². The number of H-pyrrole nitrogens is 1. The molecule has 0 saturated heterocycles. The number of anilines is 2. The maximum Gasteiger partial charge on any atom is 0.227 e. The van der Waals surface area contributed by atoms with E-state index in [2.05, 4.69) is 87.1 Å². The first kappa shape index (κ1) is 25.2. The first-order valence-electron chi connectivity index (χ1n) is 12.4. The summed E-state index contributed by atoms with van der Waals surface area (Å²) < 4.78 is 0. The number of aromatic nitrogens is 6. The van der Waals surface area contributed by atoms with Gasteiger partial charge in [0.1, 0.15) is 5.82 Å². The summed E-state index contributed by atoms with van der Waals surface area (Å²) in [6, 6.07) is 18.8. The van der Waals surface area contributed by atoms with E-state index in [0.29, 0.717) is 5.82 Å². The van der Waals surface area contributed by atoms with Crippen molar-refractivity contribution < 1.29 is 0 Å². The van der Waals surface area contributed by atoms with Crippen molar-refractivity contribution in [2.24, 2.45) is 0 Å². The molecule has 9 nitrogen and oxygen atoms in total. The summed E-state index contributed by atoms with van der Waals surface area (Å²) in [7, 11) is 4.14. The molecule has 0 radical (unpaired) electrons. The highest BCUT2D eigenvalue weighted by Gasteiger charge is 2.14. The van der Waals surface area contributed by atoms with Gasteiger partial charge in [-0.3, -0.25) is 0 Å². The molecule has 0 unspecified atom stereocenters. The van der Waals surface area contributed by atoms with Crippen LogP contribution in [0.1, 0.15) is 31.0 Å². The number of unbranched alkanes of at least 4 members (excludes halogenated alkanes) is 1. The van der Waals surface area contributed by atoms with Crippen molar-refractivity contribution in [2.75, 3.05) is 43.9 Å². The Hall–Kier alpha value is -3.85. The second-order valence-electron chi connectivity index (χ2n) is 9.19. The normalized spacial score (nSPS) is 11.1. The van der Waals surface area contributed by atoms with Gasteiger partial charge >= 0.3 is 0 Å². The van der Waals surface area contributed by atoms with Gasteiger partial charge in [-0.25, -0.2) is 10.1 Å². The van der Waals surface area contributed by atoms with Crippen LogP contribution in [-0.2, 0) is 6.54 Å². The van der Waals surface area contributed by atoms with Gasteiger partial charge in [0.2, 0.25) is 5.95 Å². The van der Waals surface area contributed by atoms with E-state index in [-0.39, 0.29) is 0 Å². The second-order valence-corrected chi connectivity index (χ2v) is 9.19. The minimum absolute atomic E-state index is 0.659. The number of likely N-dealkylation sites (N-methyl/N-ethyl adjacent to an activating group) is 1. The zero-order valence-electron chi connectivity index (χ0n) is 21.6. The van der Waals surface area contributed by atoms with Crippen molar-refractivity contribution in [3.8, 4) is 22.5 Å². The lowest BCUT2D eigenvalue weighted by Gasteiger charge is -2.24. The van der Waals surface area contributed by atoms with Crippen LogP contribution in [0.15, 0.2) is 54.6 Å². The largest absolute Gasteiger partial charge is 0.369 e. The fourth-order valence-electron chi connectivity index (χ4n) is 4.02. The van der Waals surface area contributed by atoms with Crippen LogP contribution in [0.25, 0.3) is 22.5 Å². The third-order valence-corrected chi connectivity index (χ3v) is 5.94. The Kier molecular flexibility index (Phi) is 8.57. The van der Waals surface area contributed by atoms with E-state index < -0.39 is 0 Å². The third kappa shape index (κ3) is 6.63. The van der Waals surface area contributed by atoms with Crippen LogP contribution < -0.4 is 10.2 Å². The molecular formula is C27H35N9. The van der Waals surface area contributed by atoms with E-state index in [1.54, 1.807) is 0 Å². The van der Waals surface area contributed by atoms with Gasteiger partial charge in [0.25, 0.3) is 0 Å². The molecule has 0 spiro atoms. The first-order valence-corrected chi connectivity index (χ1v) is 12.4. The summed E-state index contributed by atoms with van der Waals surface area (Å²) in [6.07, 6.45) is 2.19. The quantitative estimate of drug-likeness (QED) is 0.304.